The number of aromatic carboxylic acids is 1. The summed E-state index contributed by atoms with van der Waals surface area (Å²) in [6, 6.07) is 5.95. The van der Waals surface area contributed by atoms with E-state index < -0.39 is 5.97 Å². The zero-order chi connectivity index (χ0) is 14.0. The minimum atomic E-state index is -0.860. The lowest BCUT2D eigenvalue weighted by molar-refractivity contribution is 0.0697. The van der Waals surface area contributed by atoms with Crippen LogP contribution in [0.3, 0.4) is 0 Å². The molecule has 1 N–H and O–H groups in total. The third-order valence-corrected chi connectivity index (χ3v) is 3.71. The van der Waals surface area contributed by atoms with Gasteiger partial charge < -0.3 is 14.9 Å². The molecular weight excluding hydrogens is 240 g/mol. The van der Waals surface area contributed by atoms with Crippen LogP contribution in [0.4, 0.5) is 5.69 Å². The van der Waals surface area contributed by atoms with Crippen molar-refractivity contribution >= 4 is 11.7 Å². The lowest BCUT2D eigenvalue weighted by Gasteiger charge is -2.30. The molecule has 1 saturated heterocycles. The monoisotopic (exact) mass is 262 g/mol. The topological polar surface area (TPSA) is 43.8 Å². The second kappa shape index (κ2) is 5.61. The van der Waals surface area contributed by atoms with Gasteiger partial charge in [0.05, 0.1) is 5.56 Å². The van der Waals surface area contributed by atoms with Gasteiger partial charge in [0, 0.05) is 24.8 Å². The Morgan fingerprint density at radius 3 is 2.79 bits per heavy atom. The Morgan fingerprint density at radius 1 is 1.47 bits per heavy atom. The first-order valence-corrected chi connectivity index (χ1v) is 6.74. The maximum atomic E-state index is 11.0. The lowest BCUT2D eigenvalue weighted by Crippen LogP contribution is -2.37. The number of carboxylic acid groups (broad SMARTS) is 1. The molecule has 0 saturated carbocycles. The summed E-state index contributed by atoms with van der Waals surface area (Å²) in [7, 11) is 4.19. The Bertz CT molecular complexity index is 471. The van der Waals surface area contributed by atoms with Gasteiger partial charge in [-0.15, -0.1) is 0 Å². The molecule has 1 atom stereocenters. The van der Waals surface area contributed by atoms with Crippen molar-refractivity contribution in [2.24, 2.45) is 0 Å². The first kappa shape index (κ1) is 13.9. The van der Waals surface area contributed by atoms with Crippen LogP contribution in [-0.4, -0.2) is 49.2 Å². The summed E-state index contributed by atoms with van der Waals surface area (Å²) >= 11 is 0. The zero-order valence-electron chi connectivity index (χ0n) is 11.9. The number of hydrogen-bond donors (Lipinski definition) is 1. The largest absolute Gasteiger partial charge is 0.478 e. The van der Waals surface area contributed by atoms with Gasteiger partial charge in [0.1, 0.15) is 0 Å². The molecular formula is C15H22N2O2. The SMILES string of the molecule is Cc1cc(C(=O)O)ccc1N1CCCC1CN(C)C. The first-order chi connectivity index (χ1) is 8.99. The van der Waals surface area contributed by atoms with E-state index >= 15 is 0 Å². The van der Waals surface area contributed by atoms with E-state index in [-0.39, 0.29) is 0 Å². The zero-order valence-corrected chi connectivity index (χ0v) is 11.9. The molecule has 0 aliphatic carbocycles. The summed E-state index contributed by atoms with van der Waals surface area (Å²) in [5.41, 5.74) is 2.59. The fourth-order valence-corrected chi connectivity index (χ4v) is 2.87. The molecule has 0 radical (unpaired) electrons. The lowest BCUT2D eigenvalue weighted by atomic mass is 10.1. The van der Waals surface area contributed by atoms with E-state index in [1.54, 1.807) is 12.1 Å². The molecule has 4 heteroatoms. The standard InChI is InChI=1S/C15H22N2O2/c1-11-9-12(15(18)19)6-7-14(11)17-8-4-5-13(17)10-16(2)3/h6-7,9,13H,4-5,8,10H2,1-3H3,(H,18,19). The molecule has 1 aliphatic rings. The van der Waals surface area contributed by atoms with Crippen LogP contribution in [0.15, 0.2) is 18.2 Å². The van der Waals surface area contributed by atoms with Crippen molar-refractivity contribution in [3.63, 3.8) is 0 Å². The van der Waals surface area contributed by atoms with E-state index in [0.717, 1.165) is 18.7 Å². The summed E-state index contributed by atoms with van der Waals surface area (Å²) in [4.78, 5) is 15.6. The second-order valence-electron chi connectivity index (χ2n) is 5.56. The predicted molar refractivity (Wildman–Crippen MR) is 77.1 cm³/mol. The van der Waals surface area contributed by atoms with Crippen molar-refractivity contribution in [2.45, 2.75) is 25.8 Å². The van der Waals surface area contributed by atoms with Crippen molar-refractivity contribution in [1.82, 2.24) is 4.90 Å². The molecule has 1 aliphatic heterocycles. The normalized spacial score (nSPS) is 19.2. The Kier molecular flexibility index (Phi) is 4.10. The number of benzene rings is 1. The average molecular weight is 262 g/mol. The van der Waals surface area contributed by atoms with Gasteiger partial charge in [-0.3, -0.25) is 0 Å². The van der Waals surface area contributed by atoms with Gasteiger partial charge >= 0.3 is 5.97 Å². The van der Waals surface area contributed by atoms with Gasteiger partial charge in [0.2, 0.25) is 0 Å². The van der Waals surface area contributed by atoms with Crippen LogP contribution in [0.5, 0.6) is 0 Å². The minimum absolute atomic E-state index is 0.365. The van der Waals surface area contributed by atoms with Crippen LogP contribution in [0.1, 0.15) is 28.8 Å². The first-order valence-electron chi connectivity index (χ1n) is 6.74. The highest BCUT2D eigenvalue weighted by molar-refractivity contribution is 5.88. The van der Waals surface area contributed by atoms with Crippen molar-refractivity contribution in [3.05, 3.63) is 29.3 Å². The molecule has 1 fully saturated rings. The van der Waals surface area contributed by atoms with Crippen molar-refractivity contribution in [1.29, 1.82) is 0 Å². The van der Waals surface area contributed by atoms with E-state index in [9.17, 15) is 4.79 Å². The van der Waals surface area contributed by atoms with Crippen molar-refractivity contribution in [2.75, 3.05) is 32.1 Å². The van der Waals surface area contributed by atoms with E-state index in [1.807, 2.05) is 13.0 Å². The molecule has 4 nitrogen and oxygen atoms in total. The van der Waals surface area contributed by atoms with Crippen molar-refractivity contribution < 1.29 is 9.90 Å². The highest BCUT2D eigenvalue weighted by atomic mass is 16.4. The summed E-state index contributed by atoms with van der Waals surface area (Å²) < 4.78 is 0. The van der Waals surface area contributed by atoms with Crippen molar-refractivity contribution in [3.8, 4) is 0 Å². The van der Waals surface area contributed by atoms with Crippen LogP contribution >= 0.6 is 0 Å². The molecule has 1 aromatic rings. The molecule has 19 heavy (non-hydrogen) atoms. The fourth-order valence-electron chi connectivity index (χ4n) is 2.87. The highest BCUT2D eigenvalue weighted by Gasteiger charge is 2.26. The number of aryl methyl sites for hydroxylation is 1. The maximum Gasteiger partial charge on any atom is 0.335 e. The molecule has 2 rings (SSSR count). The molecule has 0 amide bonds. The molecule has 0 bridgehead atoms. The second-order valence-corrected chi connectivity index (χ2v) is 5.56. The summed E-state index contributed by atoms with van der Waals surface area (Å²) in [5.74, 6) is -0.860. The van der Waals surface area contributed by atoms with Gasteiger partial charge in [-0.25, -0.2) is 4.79 Å². The molecule has 1 heterocycles. The van der Waals surface area contributed by atoms with Gasteiger partial charge in [0.25, 0.3) is 0 Å². The molecule has 0 spiro atoms. The Hall–Kier alpha value is -1.55. The number of anilines is 1. The van der Waals surface area contributed by atoms with Crippen LogP contribution < -0.4 is 4.90 Å². The summed E-state index contributed by atoms with van der Waals surface area (Å²) in [6.07, 6.45) is 2.41. The van der Waals surface area contributed by atoms with Crippen LogP contribution in [0.25, 0.3) is 0 Å². The fraction of sp³-hybridized carbons (Fsp3) is 0.533. The Balaban J connectivity index is 2.23. The summed E-state index contributed by atoms with van der Waals surface area (Å²) in [5, 5.41) is 9.02. The summed E-state index contributed by atoms with van der Waals surface area (Å²) in [6.45, 7) is 4.10. The molecule has 1 unspecified atom stereocenters. The number of hydrogen-bond acceptors (Lipinski definition) is 3. The smallest absolute Gasteiger partial charge is 0.335 e. The van der Waals surface area contributed by atoms with Crippen LogP contribution in [0, 0.1) is 6.92 Å². The van der Waals surface area contributed by atoms with Gasteiger partial charge in [-0.2, -0.15) is 0 Å². The third-order valence-electron chi connectivity index (χ3n) is 3.71. The molecule has 104 valence electrons. The molecule has 0 aromatic heterocycles. The van der Waals surface area contributed by atoms with Gasteiger partial charge in [-0.05, 0) is 57.6 Å². The Morgan fingerprint density at radius 2 is 2.21 bits per heavy atom. The molecule has 1 aromatic carbocycles. The quantitative estimate of drug-likeness (QED) is 0.903. The van der Waals surface area contributed by atoms with Gasteiger partial charge in [0.15, 0.2) is 0 Å². The number of rotatable bonds is 4. The third kappa shape index (κ3) is 3.07. The Labute approximate surface area is 114 Å². The van der Waals surface area contributed by atoms with Crippen LogP contribution in [-0.2, 0) is 0 Å². The predicted octanol–water partition coefficient (Wildman–Crippen LogP) is 2.22. The number of nitrogens with zero attached hydrogens (tertiary/aromatic N) is 2. The minimum Gasteiger partial charge on any atom is -0.478 e. The average Bonchev–Trinajstić information content (AvgIpc) is 2.75. The van der Waals surface area contributed by atoms with E-state index in [0.29, 0.717) is 11.6 Å². The van der Waals surface area contributed by atoms with E-state index in [1.165, 1.54) is 18.5 Å². The van der Waals surface area contributed by atoms with E-state index in [2.05, 4.69) is 23.9 Å². The maximum absolute atomic E-state index is 11.0. The number of carboxylic acids is 1. The van der Waals surface area contributed by atoms with E-state index in [4.69, 9.17) is 5.11 Å². The number of likely N-dealkylation sites (N-methyl/N-ethyl adjacent to an activating group) is 1. The van der Waals surface area contributed by atoms with Gasteiger partial charge in [-0.1, -0.05) is 0 Å². The number of carbonyl (C=O) groups is 1. The van der Waals surface area contributed by atoms with Crippen LogP contribution in [0.2, 0.25) is 0 Å². The highest BCUT2D eigenvalue weighted by Crippen LogP contribution is 2.29.